The third kappa shape index (κ3) is 5.35. The fraction of sp³-hybridized carbons (Fsp3) is 0.417. The Hall–Kier alpha value is -3.06. The van der Waals surface area contributed by atoms with Gasteiger partial charge in [-0.05, 0) is 36.2 Å². The van der Waals surface area contributed by atoms with Crippen molar-refractivity contribution in [2.75, 3.05) is 45.9 Å². The number of hydrogen-bond donors (Lipinski definition) is 1. The van der Waals surface area contributed by atoms with E-state index >= 15 is 0 Å². The van der Waals surface area contributed by atoms with Crippen molar-refractivity contribution < 1.29 is 19.1 Å². The van der Waals surface area contributed by atoms with Gasteiger partial charge in [0.2, 0.25) is 5.91 Å². The minimum absolute atomic E-state index is 0.0871. The lowest BCUT2D eigenvalue weighted by atomic mass is 10.1. The van der Waals surface area contributed by atoms with Gasteiger partial charge in [-0.25, -0.2) is 0 Å². The fourth-order valence-electron chi connectivity index (χ4n) is 3.96. The van der Waals surface area contributed by atoms with Crippen molar-refractivity contribution in [2.45, 2.75) is 19.9 Å². The van der Waals surface area contributed by atoms with E-state index in [9.17, 15) is 9.59 Å². The SMILES string of the molecule is Cc1ccccc1C(=O)NCCC(=O)N1CCN(Cc2ccc3c(c2)OCCO3)CC1. The monoisotopic (exact) mass is 423 g/mol. The van der Waals surface area contributed by atoms with Crippen LogP contribution in [-0.4, -0.2) is 67.6 Å². The average molecular weight is 424 g/mol. The molecule has 1 fully saturated rings. The largest absolute Gasteiger partial charge is 0.486 e. The maximum atomic E-state index is 12.5. The highest BCUT2D eigenvalue weighted by Gasteiger charge is 2.22. The predicted molar refractivity (Wildman–Crippen MR) is 117 cm³/mol. The summed E-state index contributed by atoms with van der Waals surface area (Å²) in [5.74, 6) is 1.57. The number of nitrogens with one attached hydrogen (secondary N) is 1. The Balaban J connectivity index is 1.19. The topological polar surface area (TPSA) is 71.1 Å². The Kier molecular flexibility index (Phi) is 6.72. The summed E-state index contributed by atoms with van der Waals surface area (Å²) in [6, 6.07) is 13.5. The Morgan fingerprint density at radius 1 is 0.968 bits per heavy atom. The van der Waals surface area contributed by atoms with Crippen LogP contribution in [0.2, 0.25) is 0 Å². The van der Waals surface area contributed by atoms with Crippen LogP contribution in [0.5, 0.6) is 11.5 Å². The van der Waals surface area contributed by atoms with Crippen LogP contribution in [-0.2, 0) is 11.3 Å². The van der Waals surface area contributed by atoms with Crippen molar-refractivity contribution in [3.05, 3.63) is 59.2 Å². The minimum atomic E-state index is -0.129. The van der Waals surface area contributed by atoms with Crippen LogP contribution < -0.4 is 14.8 Å². The predicted octanol–water partition coefficient (Wildman–Crippen LogP) is 2.23. The minimum Gasteiger partial charge on any atom is -0.486 e. The van der Waals surface area contributed by atoms with E-state index in [4.69, 9.17) is 9.47 Å². The molecule has 2 amide bonds. The fourth-order valence-corrected chi connectivity index (χ4v) is 3.96. The second-order valence-electron chi connectivity index (χ2n) is 7.96. The van der Waals surface area contributed by atoms with Gasteiger partial charge in [-0.2, -0.15) is 0 Å². The lowest BCUT2D eigenvalue weighted by Crippen LogP contribution is -2.48. The highest BCUT2D eigenvalue weighted by atomic mass is 16.6. The summed E-state index contributed by atoms with van der Waals surface area (Å²) in [4.78, 5) is 29.0. The zero-order chi connectivity index (χ0) is 21.6. The molecule has 0 spiro atoms. The summed E-state index contributed by atoms with van der Waals surface area (Å²) in [5.41, 5.74) is 2.77. The third-order valence-corrected chi connectivity index (χ3v) is 5.75. The number of benzene rings is 2. The molecule has 1 N–H and O–H groups in total. The van der Waals surface area contributed by atoms with Crippen LogP contribution in [0.3, 0.4) is 0 Å². The van der Waals surface area contributed by atoms with E-state index in [2.05, 4.69) is 16.3 Å². The first-order chi connectivity index (χ1) is 15.1. The molecule has 0 saturated carbocycles. The van der Waals surface area contributed by atoms with Crippen LogP contribution in [0, 0.1) is 6.92 Å². The van der Waals surface area contributed by atoms with E-state index in [0.717, 1.165) is 36.7 Å². The molecule has 2 aromatic rings. The number of carbonyl (C=O) groups excluding carboxylic acids is 2. The highest BCUT2D eigenvalue weighted by molar-refractivity contribution is 5.95. The first-order valence-electron chi connectivity index (χ1n) is 10.8. The molecule has 0 radical (unpaired) electrons. The van der Waals surface area contributed by atoms with Crippen LogP contribution in [0.15, 0.2) is 42.5 Å². The smallest absolute Gasteiger partial charge is 0.251 e. The molecule has 2 aliphatic rings. The van der Waals surface area contributed by atoms with Gasteiger partial charge in [0.25, 0.3) is 5.91 Å². The normalized spacial score (nSPS) is 16.1. The zero-order valence-electron chi connectivity index (χ0n) is 17.9. The Labute approximate surface area is 182 Å². The van der Waals surface area contributed by atoms with E-state index < -0.39 is 0 Å². The number of fused-ring (bicyclic) bond motifs is 1. The van der Waals surface area contributed by atoms with E-state index in [-0.39, 0.29) is 11.8 Å². The van der Waals surface area contributed by atoms with Gasteiger partial charge in [0.05, 0.1) is 0 Å². The van der Waals surface area contributed by atoms with Crippen molar-refractivity contribution in [2.24, 2.45) is 0 Å². The van der Waals surface area contributed by atoms with Crippen LogP contribution >= 0.6 is 0 Å². The van der Waals surface area contributed by atoms with Gasteiger partial charge < -0.3 is 19.7 Å². The number of hydrogen-bond acceptors (Lipinski definition) is 5. The number of amides is 2. The van der Waals surface area contributed by atoms with Crippen molar-refractivity contribution in [3.63, 3.8) is 0 Å². The van der Waals surface area contributed by atoms with E-state index in [1.54, 1.807) is 6.07 Å². The van der Waals surface area contributed by atoms with Gasteiger partial charge in [-0.1, -0.05) is 24.3 Å². The second kappa shape index (κ2) is 9.83. The van der Waals surface area contributed by atoms with Gasteiger partial charge >= 0.3 is 0 Å². The van der Waals surface area contributed by atoms with Crippen molar-refractivity contribution >= 4 is 11.8 Å². The Morgan fingerprint density at radius 3 is 2.48 bits per heavy atom. The van der Waals surface area contributed by atoms with Gasteiger partial charge in [0.15, 0.2) is 11.5 Å². The molecular weight excluding hydrogens is 394 g/mol. The quantitative estimate of drug-likeness (QED) is 0.772. The van der Waals surface area contributed by atoms with Gasteiger partial charge in [0.1, 0.15) is 13.2 Å². The van der Waals surface area contributed by atoms with Crippen LogP contribution in [0.4, 0.5) is 0 Å². The maximum Gasteiger partial charge on any atom is 0.251 e. The van der Waals surface area contributed by atoms with E-state index in [1.807, 2.05) is 42.2 Å². The van der Waals surface area contributed by atoms with E-state index in [0.29, 0.717) is 44.8 Å². The molecule has 7 heteroatoms. The first kappa shape index (κ1) is 21.2. The van der Waals surface area contributed by atoms with E-state index in [1.165, 1.54) is 5.56 Å². The maximum absolute atomic E-state index is 12.5. The standard InChI is InChI=1S/C24H29N3O4/c1-18-4-2-3-5-20(18)24(29)25-9-8-23(28)27-12-10-26(11-13-27)17-19-6-7-21-22(16-19)31-15-14-30-21/h2-7,16H,8-15,17H2,1H3,(H,25,29). The number of aryl methyl sites for hydroxylation is 1. The molecule has 7 nitrogen and oxygen atoms in total. The molecule has 4 rings (SSSR count). The van der Waals surface area contributed by atoms with Crippen LogP contribution in [0.1, 0.15) is 27.9 Å². The molecule has 2 aliphatic heterocycles. The zero-order valence-corrected chi connectivity index (χ0v) is 17.9. The molecule has 0 bridgehead atoms. The summed E-state index contributed by atoms with van der Waals surface area (Å²) >= 11 is 0. The van der Waals surface area contributed by atoms with Crippen molar-refractivity contribution in [1.82, 2.24) is 15.1 Å². The Morgan fingerprint density at radius 2 is 1.71 bits per heavy atom. The van der Waals surface area contributed by atoms with Gasteiger partial charge in [-0.3, -0.25) is 14.5 Å². The summed E-state index contributed by atoms with van der Waals surface area (Å²) in [6.07, 6.45) is 0.319. The molecule has 1 saturated heterocycles. The molecule has 0 atom stereocenters. The molecule has 0 aromatic heterocycles. The number of ether oxygens (including phenoxy) is 2. The summed E-state index contributed by atoms with van der Waals surface area (Å²) in [6.45, 7) is 7.33. The molecule has 31 heavy (non-hydrogen) atoms. The lowest BCUT2D eigenvalue weighted by Gasteiger charge is -2.35. The molecule has 2 heterocycles. The highest BCUT2D eigenvalue weighted by Crippen LogP contribution is 2.31. The average Bonchev–Trinajstić information content (AvgIpc) is 2.79. The third-order valence-electron chi connectivity index (χ3n) is 5.75. The van der Waals surface area contributed by atoms with Crippen molar-refractivity contribution in [1.29, 1.82) is 0 Å². The molecular formula is C24H29N3O4. The summed E-state index contributed by atoms with van der Waals surface area (Å²) in [5, 5.41) is 2.86. The first-order valence-corrected chi connectivity index (χ1v) is 10.8. The number of piperazine rings is 1. The lowest BCUT2D eigenvalue weighted by molar-refractivity contribution is -0.132. The van der Waals surface area contributed by atoms with Gasteiger partial charge in [0, 0.05) is 51.3 Å². The number of nitrogens with zero attached hydrogens (tertiary/aromatic N) is 2. The molecule has 0 aliphatic carbocycles. The van der Waals surface area contributed by atoms with Gasteiger partial charge in [-0.15, -0.1) is 0 Å². The summed E-state index contributed by atoms with van der Waals surface area (Å²) < 4.78 is 11.2. The summed E-state index contributed by atoms with van der Waals surface area (Å²) in [7, 11) is 0. The number of carbonyl (C=O) groups is 2. The Bertz CT molecular complexity index is 938. The van der Waals surface area contributed by atoms with Crippen molar-refractivity contribution in [3.8, 4) is 11.5 Å². The second-order valence-corrected chi connectivity index (χ2v) is 7.96. The van der Waals surface area contributed by atoms with Crippen LogP contribution in [0.25, 0.3) is 0 Å². The number of rotatable bonds is 6. The molecule has 0 unspecified atom stereocenters. The molecule has 164 valence electrons. The molecule has 2 aromatic carbocycles.